The molecular weight excluding hydrogens is 290 g/mol. The highest BCUT2D eigenvalue weighted by molar-refractivity contribution is 7.86. The molecule has 1 atom stereocenters. The molecule has 0 bridgehead atoms. The fourth-order valence-electron chi connectivity index (χ4n) is 2.73. The predicted octanol–water partition coefficient (Wildman–Crippen LogP) is 0.910. The van der Waals surface area contributed by atoms with Crippen molar-refractivity contribution in [3.63, 3.8) is 0 Å². The van der Waals surface area contributed by atoms with E-state index < -0.39 is 10.2 Å². The maximum absolute atomic E-state index is 12.8. The molecule has 21 heavy (non-hydrogen) atoms. The van der Waals surface area contributed by atoms with Crippen LogP contribution in [0.2, 0.25) is 0 Å². The largest absolute Gasteiger partial charge is 0.383 e. The van der Waals surface area contributed by atoms with Crippen molar-refractivity contribution < 1.29 is 13.2 Å². The van der Waals surface area contributed by atoms with Crippen LogP contribution < -0.4 is 5.32 Å². The van der Waals surface area contributed by atoms with Gasteiger partial charge in [0.1, 0.15) is 0 Å². The Morgan fingerprint density at radius 1 is 1.38 bits per heavy atom. The molecule has 0 radical (unpaired) electrons. The summed E-state index contributed by atoms with van der Waals surface area (Å²) in [4.78, 5) is 0. The first kappa shape index (κ1) is 18.8. The normalized spacial score (nSPS) is 20.0. The second-order valence-corrected chi connectivity index (χ2v) is 7.65. The van der Waals surface area contributed by atoms with Crippen LogP contribution in [0.15, 0.2) is 0 Å². The van der Waals surface area contributed by atoms with Crippen LogP contribution in [-0.4, -0.2) is 70.0 Å². The Morgan fingerprint density at radius 2 is 2.00 bits per heavy atom. The van der Waals surface area contributed by atoms with Crippen LogP contribution in [0.4, 0.5) is 0 Å². The van der Waals surface area contributed by atoms with E-state index in [1.54, 1.807) is 15.7 Å². The molecule has 0 aromatic rings. The van der Waals surface area contributed by atoms with Gasteiger partial charge in [0.15, 0.2) is 0 Å². The first-order valence-electron chi connectivity index (χ1n) is 7.87. The van der Waals surface area contributed by atoms with Crippen molar-refractivity contribution >= 4 is 10.2 Å². The van der Waals surface area contributed by atoms with E-state index >= 15 is 0 Å². The Bertz CT molecular complexity index is 381. The zero-order valence-corrected chi connectivity index (χ0v) is 14.7. The summed E-state index contributed by atoms with van der Waals surface area (Å²) in [6.45, 7) is 7.03. The maximum Gasteiger partial charge on any atom is 0.282 e. The Morgan fingerprint density at radius 3 is 2.48 bits per heavy atom. The summed E-state index contributed by atoms with van der Waals surface area (Å²) < 4.78 is 34.0. The Hall–Kier alpha value is -0.210. The molecule has 1 heterocycles. The second-order valence-electron chi connectivity index (χ2n) is 5.77. The molecule has 1 rings (SSSR count). The number of hydrogen-bond acceptors (Lipinski definition) is 4. The van der Waals surface area contributed by atoms with Crippen LogP contribution in [0.5, 0.6) is 0 Å². The van der Waals surface area contributed by atoms with Gasteiger partial charge in [-0.05, 0) is 45.7 Å². The zero-order chi connectivity index (χ0) is 15.9. The van der Waals surface area contributed by atoms with Crippen molar-refractivity contribution in [3.8, 4) is 0 Å². The molecule has 0 aliphatic carbocycles. The maximum atomic E-state index is 12.8. The van der Waals surface area contributed by atoms with Gasteiger partial charge in [0.2, 0.25) is 0 Å². The lowest BCUT2D eigenvalue weighted by molar-refractivity contribution is 0.160. The van der Waals surface area contributed by atoms with Crippen molar-refractivity contribution in [1.29, 1.82) is 0 Å². The topological polar surface area (TPSA) is 61.9 Å². The first-order chi connectivity index (χ1) is 9.97. The molecule has 1 N–H and O–H groups in total. The third kappa shape index (κ3) is 5.17. The Balaban J connectivity index is 2.72. The lowest BCUT2D eigenvalue weighted by Gasteiger charge is -2.37. The van der Waals surface area contributed by atoms with Gasteiger partial charge < -0.3 is 10.1 Å². The Kier molecular flexibility index (Phi) is 8.12. The van der Waals surface area contributed by atoms with Crippen molar-refractivity contribution in [2.45, 2.75) is 39.2 Å². The lowest BCUT2D eigenvalue weighted by Crippen LogP contribution is -2.51. The first-order valence-corrected chi connectivity index (χ1v) is 9.27. The molecular formula is C14H31N3O3S. The van der Waals surface area contributed by atoms with E-state index in [0.717, 1.165) is 25.8 Å². The van der Waals surface area contributed by atoms with E-state index in [9.17, 15) is 8.42 Å². The van der Waals surface area contributed by atoms with E-state index in [-0.39, 0.29) is 6.04 Å². The van der Waals surface area contributed by atoms with Gasteiger partial charge in [0.25, 0.3) is 10.2 Å². The van der Waals surface area contributed by atoms with Crippen LogP contribution in [0.1, 0.15) is 33.1 Å². The molecule has 1 aliphatic heterocycles. The number of piperidine rings is 1. The van der Waals surface area contributed by atoms with E-state index in [1.165, 1.54) is 0 Å². The molecule has 0 saturated carbocycles. The molecule has 1 saturated heterocycles. The van der Waals surface area contributed by atoms with E-state index in [0.29, 0.717) is 32.2 Å². The monoisotopic (exact) mass is 321 g/mol. The van der Waals surface area contributed by atoms with E-state index in [2.05, 4.69) is 5.32 Å². The molecule has 126 valence electrons. The lowest BCUT2D eigenvalue weighted by atomic mass is 9.98. The van der Waals surface area contributed by atoms with Gasteiger partial charge in [0, 0.05) is 32.8 Å². The summed E-state index contributed by atoms with van der Waals surface area (Å²) in [7, 11) is 0.165. The number of ether oxygens (including phenoxy) is 1. The molecule has 0 spiro atoms. The van der Waals surface area contributed by atoms with Crippen molar-refractivity contribution in [2.75, 3.05) is 46.9 Å². The van der Waals surface area contributed by atoms with Gasteiger partial charge in [-0.25, -0.2) is 0 Å². The fraction of sp³-hybridized carbons (Fsp3) is 1.00. The number of methoxy groups -OCH3 is 1. The number of hydrogen-bond donors (Lipinski definition) is 1. The van der Waals surface area contributed by atoms with Crippen LogP contribution in [-0.2, 0) is 14.9 Å². The highest BCUT2D eigenvalue weighted by Gasteiger charge is 2.34. The zero-order valence-electron chi connectivity index (χ0n) is 13.8. The molecule has 0 amide bonds. The van der Waals surface area contributed by atoms with E-state index in [1.807, 2.05) is 20.9 Å². The van der Waals surface area contributed by atoms with Crippen LogP contribution in [0.3, 0.4) is 0 Å². The van der Waals surface area contributed by atoms with Crippen LogP contribution in [0, 0.1) is 5.92 Å². The minimum absolute atomic E-state index is 0.000168. The third-order valence-electron chi connectivity index (χ3n) is 4.29. The minimum atomic E-state index is -3.38. The summed E-state index contributed by atoms with van der Waals surface area (Å²) in [5, 5.41) is 3.17. The molecule has 7 heteroatoms. The standard InChI is InChI=1S/C14H31N3O3S/c1-5-13(2)17(10-11-20-4)21(18,19)16-8-6-14(7-9-16)12-15-3/h13-15H,5-12H2,1-4H3. The van der Waals surface area contributed by atoms with Gasteiger partial charge in [0.05, 0.1) is 6.61 Å². The highest BCUT2D eigenvalue weighted by Crippen LogP contribution is 2.22. The van der Waals surface area contributed by atoms with Crippen molar-refractivity contribution in [1.82, 2.24) is 13.9 Å². The molecule has 0 aromatic heterocycles. The summed E-state index contributed by atoms with van der Waals surface area (Å²) in [6.07, 6.45) is 2.66. The van der Waals surface area contributed by atoms with Crippen LogP contribution in [0.25, 0.3) is 0 Å². The summed E-state index contributed by atoms with van der Waals surface area (Å²) >= 11 is 0. The minimum Gasteiger partial charge on any atom is -0.383 e. The summed E-state index contributed by atoms with van der Waals surface area (Å²) in [5.74, 6) is 0.581. The SMILES string of the molecule is CCC(C)N(CCOC)S(=O)(=O)N1CCC(CNC)CC1. The predicted molar refractivity (Wildman–Crippen MR) is 85.5 cm³/mol. The van der Waals surface area contributed by atoms with Gasteiger partial charge in [-0.3, -0.25) is 0 Å². The van der Waals surface area contributed by atoms with Crippen LogP contribution >= 0.6 is 0 Å². The summed E-state index contributed by atoms with van der Waals surface area (Å²) in [5.41, 5.74) is 0. The molecule has 6 nitrogen and oxygen atoms in total. The van der Waals surface area contributed by atoms with Crippen molar-refractivity contribution in [3.05, 3.63) is 0 Å². The molecule has 0 aromatic carbocycles. The van der Waals surface area contributed by atoms with Gasteiger partial charge >= 0.3 is 0 Å². The quantitative estimate of drug-likeness (QED) is 0.686. The average molecular weight is 321 g/mol. The highest BCUT2D eigenvalue weighted by atomic mass is 32.2. The van der Waals surface area contributed by atoms with Gasteiger partial charge in [-0.1, -0.05) is 6.92 Å². The van der Waals surface area contributed by atoms with Gasteiger partial charge in [-0.2, -0.15) is 17.0 Å². The number of nitrogens with one attached hydrogen (secondary N) is 1. The number of rotatable bonds is 9. The number of nitrogens with zero attached hydrogens (tertiary/aromatic N) is 2. The van der Waals surface area contributed by atoms with E-state index in [4.69, 9.17) is 4.74 Å². The Labute approximate surface area is 130 Å². The summed E-state index contributed by atoms with van der Waals surface area (Å²) in [6, 6.07) is 0.000168. The third-order valence-corrected chi connectivity index (χ3v) is 6.44. The average Bonchev–Trinajstić information content (AvgIpc) is 2.48. The smallest absolute Gasteiger partial charge is 0.282 e. The molecule has 1 unspecified atom stereocenters. The molecule has 1 fully saturated rings. The van der Waals surface area contributed by atoms with Crippen molar-refractivity contribution in [2.24, 2.45) is 5.92 Å². The van der Waals surface area contributed by atoms with Gasteiger partial charge in [-0.15, -0.1) is 0 Å². The second kappa shape index (κ2) is 9.05. The molecule has 1 aliphatic rings. The fourth-order valence-corrected chi connectivity index (χ4v) is 4.61.